The first-order valence-corrected chi connectivity index (χ1v) is 15.0. The normalized spacial score (nSPS) is 10.8. The second-order valence-electron chi connectivity index (χ2n) is 9.12. The molecule has 0 spiro atoms. The van der Waals surface area contributed by atoms with Crippen LogP contribution in [-0.2, 0) is 27.4 Å². The number of anilines is 2. The van der Waals surface area contributed by atoms with Crippen molar-refractivity contribution >= 4 is 56.7 Å². The SMILES string of the molecule is Nc1nc(CC(=O)NCCNC(=O)c2ccc(COc3ccccc3-c3csc(N)n3)cc2)cs1.O=C(O)C(F)(F)F.O=C(O)C(F)(F)F. The van der Waals surface area contributed by atoms with Crippen molar-refractivity contribution in [2.75, 3.05) is 24.6 Å². The minimum Gasteiger partial charge on any atom is -0.488 e. The van der Waals surface area contributed by atoms with Gasteiger partial charge < -0.3 is 37.1 Å². The van der Waals surface area contributed by atoms with E-state index in [-0.39, 0.29) is 18.2 Å². The van der Waals surface area contributed by atoms with Crippen LogP contribution in [0.5, 0.6) is 5.75 Å². The van der Waals surface area contributed by atoms with Crippen molar-refractivity contribution in [3.05, 3.63) is 76.1 Å². The number of ether oxygens (including phenoxy) is 1. The summed E-state index contributed by atoms with van der Waals surface area (Å²) >= 11 is 2.68. The topological polar surface area (TPSA) is 220 Å². The number of carboxylic acids is 2. The van der Waals surface area contributed by atoms with Crippen molar-refractivity contribution in [2.45, 2.75) is 25.4 Å². The summed E-state index contributed by atoms with van der Waals surface area (Å²) in [7, 11) is 0. The quantitative estimate of drug-likeness (QED) is 0.0992. The minimum absolute atomic E-state index is 0.160. The van der Waals surface area contributed by atoms with Gasteiger partial charge >= 0.3 is 24.3 Å². The molecule has 0 fully saturated rings. The van der Waals surface area contributed by atoms with E-state index in [0.29, 0.717) is 47.0 Å². The first-order valence-electron chi connectivity index (χ1n) is 13.2. The van der Waals surface area contributed by atoms with Gasteiger partial charge in [-0.3, -0.25) is 9.59 Å². The van der Waals surface area contributed by atoms with Crippen molar-refractivity contribution < 1.29 is 60.5 Å². The molecule has 264 valence electrons. The second-order valence-corrected chi connectivity index (χ2v) is 10.9. The molecule has 0 aliphatic heterocycles. The van der Waals surface area contributed by atoms with Crippen molar-refractivity contribution in [2.24, 2.45) is 0 Å². The Morgan fingerprint density at radius 1 is 0.776 bits per heavy atom. The molecule has 2 heterocycles. The number of carbonyl (C=O) groups excluding carboxylic acids is 2. The van der Waals surface area contributed by atoms with Gasteiger partial charge in [-0.15, -0.1) is 22.7 Å². The van der Waals surface area contributed by atoms with E-state index in [9.17, 15) is 35.9 Å². The summed E-state index contributed by atoms with van der Waals surface area (Å²) < 4.78 is 69.5. The largest absolute Gasteiger partial charge is 0.490 e. The third kappa shape index (κ3) is 14.5. The number of para-hydroxylation sites is 1. The zero-order valence-corrected chi connectivity index (χ0v) is 26.3. The van der Waals surface area contributed by atoms with Gasteiger partial charge in [-0.2, -0.15) is 26.3 Å². The smallest absolute Gasteiger partial charge is 0.488 e. The zero-order valence-electron chi connectivity index (χ0n) is 24.7. The van der Waals surface area contributed by atoms with E-state index in [1.807, 2.05) is 41.8 Å². The number of hydrogen-bond donors (Lipinski definition) is 6. The number of benzene rings is 2. The van der Waals surface area contributed by atoms with Crippen LogP contribution in [0.3, 0.4) is 0 Å². The molecule has 13 nitrogen and oxygen atoms in total. The molecule has 8 N–H and O–H groups in total. The number of nitrogens with zero attached hydrogens (tertiary/aromatic N) is 2. The maximum Gasteiger partial charge on any atom is 0.490 e. The number of nitrogens with two attached hydrogens (primary N) is 2. The molecule has 0 unspecified atom stereocenters. The molecule has 0 bridgehead atoms. The van der Waals surface area contributed by atoms with Gasteiger partial charge in [-0.05, 0) is 29.8 Å². The lowest BCUT2D eigenvalue weighted by Crippen LogP contribution is -2.35. The van der Waals surface area contributed by atoms with Crippen LogP contribution in [0.25, 0.3) is 11.3 Å². The first kappa shape index (κ1) is 39.7. The van der Waals surface area contributed by atoms with E-state index in [1.165, 1.54) is 22.7 Å². The van der Waals surface area contributed by atoms with Gasteiger partial charge in [0.2, 0.25) is 5.91 Å². The summed E-state index contributed by atoms with van der Waals surface area (Å²) in [6, 6.07) is 14.8. The molecule has 49 heavy (non-hydrogen) atoms. The van der Waals surface area contributed by atoms with Crippen LogP contribution < -0.4 is 26.8 Å². The number of carboxylic acid groups (broad SMARTS) is 2. The van der Waals surface area contributed by atoms with Crippen LogP contribution in [0.4, 0.5) is 36.6 Å². The Morgan fingerprint density at radius 3 is 1.82 bits per heavy atom. The summed E-state index contributed by atoms with van der Waals surface area (Å²) in [5, 5.41) is 24.4. The number of amides is 2. The van der Waals surface area contributed by atoms with E-state index >= 15 is 0 Å². The maximum atomic E-state index is 12.4. The second kappa shape index (κ2) is 18.2. The molecule has 2 aromatic carbocycles. The van der Waals surface area contributed by atoms with Crippen LogP contribution in [0.1, 0.15) is 21.6 Å². The van der Waals surface area contributed by atoms with E-state index in [2.05, 4.69) is 20.6 Å². The van der Waals surface area contributed by atoms with E-state index in [0.717, 1.165) is 16.8 Å². The number of alkyl halides is 6. The Labute approximate surface area is 280 Å². The molecule has 0 aliphatic carbocycles. The number of nitrogen functional groups attached to an aromatic ring is 2. The first-order chi connectivity index (χ1) is 22.9. The summed E-state index contributed by atoms with van der Waals surface area (Å²) in [5.74, 6) is -5.20. The molecule has 2 aromatic heterocycles. The third-order valence-corrected chi connectivity index (χ3v) is 6.82. The Hall–Kier alpha value is -5.44. The molecule has 0 radical (unpaired) electrons. The number of thiazole rings is 2. The minimum atomic E-state index is -5.08. The molecular formula is C28H26F6N6O7S2. The lowest BCUT2D eigenvalue weighted by atomic mass is 10.1. The fraction of sp³-hybridized carbons (Fsp3) is 0.214. The summed E-state index contributed by atoms with van der Waals surface area (Å²) in [6.45, 7) is 0.974. The predicted molar refractivity (Wildman–Crippen MR) is 166 cm³/mol. The lowest BCUT2D eigenvalue weighted by molar-refractivity contribution is -0.193. The average Bonchev–Trinajstić information content (AvgIpc) is 3.65. The summed E-state index contributed by atoms with van der Waals surface area (Å²) in [5.41, 5.74) is 15.1. The van der Waals surface area contributed by atoms with Crippen molar-refractivity contribution in [3.8, 4) is 17.0 Å². The van der Waals surface area contributed by atoms with Crippen LogP contribution >= 0.6 is 22.7 Å². The molecule has 2 amide bonds. The molecule has 4 aromatic rings. The van der Waals surface area contributed by atoms with Crippen molar-refractivity contribution in [1.82, 2.24) is 20.6 Å². The molecular weight excluding hydrogens is 710 g/mol. The highest BCUT2D eigenvalue weighted by Crippen LogP contribution is 2.31. The Kier molecular flexibility index (Phi) is 14.8. The van der Waals surface area contributed by atoms with Gasteiger partial charge in [0.15, 0.2) is 10.3 Å². The van der Waals surface area contributed by atoms with Crippen LogP contribution in [0.2, 0.25) is 0 Å². The van der Waals surface area contributed by atoms with Gasteiger partial charge in [-0.1, -0.05) is 24.3 Å². The molecule has 4 rings (SSSR count). The van der Waals surface area contributed by atoms with Gasteiger partial charge in [0.25, 0.3) is 5.91 Å². The van der Waals surface area contributed by atoms with Gasteiger partial charge in [-0.25, -0.2) is 19.6 Å². The molecule has 21 heteroatoms. The Balaban J connectivity index is 0.000000500. The Bertz CT molecular complexity index is 1690. The summed E-state index contributed by atoms with van der Waals surface area (Å²) in [4.78, 5) is 50.5. The number of nitrogens with one attached hydrogen (secondary N) is 2. The van der Waals surface area contributed by atoms with E-state index in [1.54, 1.807) is 17.5 Å². The van der Waals surface area contributed by atoms with E-state index < -0.39 is 24.3 Å². The molecule has 0 atom stereocenters. The highest BCUT2D eigenvalue weighted by molar-refractivity contribution is 7.14. The summed E-state index contributed by atoms with van der Waals surface area (Å²) in [6.07, 6.45) is -10.0. The lowest BCUT2D eigenvalue weighted by Gasteiger charge is -2.11. The predicted octanol–water partition coefficient (Wildman–Crippen LogP) is 4.37. The standard InChI is InChI=1S/C24H24N6O3S2.2C2HF3O2/c25-23-29-17(13-34-23)11-21(31)27-9-10-28-22(32)16-7-5-15(6-8-16)12-33-20-4-2-1-3-18(20)19-14-35-24(26)30-19;2*3-2(4,5)1(6)7/h1-8,13-14H,9-12H2,(H2,25,29)(H2,26,30)(H,27,31)(H,28,32);2*(H,6,7). The highest BCUT2D eigenvalue weighted by atomic mass is 32.1. The van der Waals surface area contributed by atoms with Crippen LogP contribution in [0.15, 0.2) is 59.3 Å². The molecule has 0 saturated heterocycles. The number of rotatable bonds is 10. The molecule has 0 saturated carbocycles. The van der Waals surface area contributed by atoms with Gasteiger partial charge in [0, 0.05) is 35.0 Å². The Morgan fingerprint density at radius 2 is 1.31 bits per heavy atom. The number of aliphatic carboxylic acids is 2. The fourth-order valence-corrected chi connectivity index (χ4v) is 4.37. The van der Waals surface area contributed by atoms with E-state index in [4.69, 9.17) is 36.0 Å². The number of carbonyl (C=O) groups is 4. The maximum absolute atomic E-state index is 12.4. The van der Waals surface area contributed by atoms with Crippen molar-refractivity contribution in [1.29, 1.82) is 0 Å². The van der Waals surface area contributed by atoms with Gasteiger partial charge in [0.1, 0.15) is 12.4 Å². The number of hydrogen-bond acceptors (Lipinski definition) is 11. The molecule has 0 aliphatic rings. The van der Waals surface area contributed by atoms with Crippen molar-refractivity contribution in [3.63, 3.8) is 0 Å². The number of aromatic nitrogens is 2. The van der Waals surface area contributed by atoms with Gasteiger partial charge in [0.05, 0.1) is 17.8 Å². The number of halogens is 6. The average molecular weight is 737 g/mol. The van der Waals surface area contributed by atoms with Crippen LogP contribution in [0, 0.1) is 0 Å². The zero-order chi connectivity index (χ0) is 36.8. The third-order valence-electron chi connectivity index (χ3n) is 5.42. The van der Waals surface area contributed by atoms with Crippen LogP contribution in [-0.4, -0.2) is 69.4 Å². The highest BCUT2D eigenvalue weighted by Gasteiger charge is 2.38. The monoisotopic (exact) mass is 736 g/mol. The fourth-order valence-electron chi connectivity index (χ4n) is 3.24.